The van der Waals surface area contributed by atoms with Crippen LogP contribution in [0, 0.1) is 0 Å². The van der Waals surface area contributed by atoms with Crippen molar-refractivity contribution in [1.82, 2.24) is 5.32 Å². The average molecular weight is 272 g/mol. The number of aliphatic hydroxyl groups is 1. The van der Waals surface area contributed by atoms with Crippen LogP contribution < -0.4 is 11.1 Å². The highest BCUT2D eigenvalue weighted by molar-refractivity contribution is 6.34. The van der Waals surface area contributed by atoms with Crippen molar-refractivity contribution >= 4 is 22.6 Å². The number of nitrogens with one attached hydrogen (secondary N) is 1. The summed E-state index contributed by atoms with van der Waals surface area (Å²) in [6.45, 7) is 0.187. The Labute approximate surface area is 116 Å². The maximum Gasteiger partial charge on any atom is 0.309 e. The molecule has 0 aromatic heterocycles. The van der Waals surface area contributed by atoms with Crippen molar-refractivity contribution in [2.75, 3.05) is 6.54 Å². The fourth-order valence-corrected chi connectivity index (χ4v) is 2.11. The number of aliphatic hydroxyl groups excluding tert-OH is 1. The minimum atomic E-state index is -1.02. The van der Waals surface area contributed by atoms with Crippen LogP contribution in [0.5, 0.6) is 0 Å². The SMILES string of the molecule is NC(=O)C(=O)NCCC(O)c1cccc2ccccc12. The summed E-state index contributed by atoms with van der Waals surface area (Å²) < 4.78 is 0. The molecule has 0 heterocycles. The second-order valence-electron chi connectivity index (χ2n) is 4.49. The number of carbonyl (C=O) groups is 2. The van der Waals surface area contributed by atoms with Crippen LogP contribution in [0.15, 0.2) is 42.5 Å². The lowest BCUT2D eigenvalue weighted by molar-refractivity contribution is -0.137. The van der Waals surface area contributed by atoms with E-state index in [1.807, 2.05) is 42.5 Å². The van der Waals surface area contributed by atoms with E-state index in [-0.39, 0.29) is 6.54 Å². The van der Waals surface area contributed by atoms with Crippen molar-refractivity contribution in [3.05, 3.63) is 48.0 Å². The Morgan fingerprint density at radius 3 is 2.60 bits per heavy atom. The number of carbonyl (C=O) groups excluding carboxylic acids is 2. The van der Waals surface area contributed by atoms with Crippen LogP contribution in [0.4, 0.5) is 0 Å². The molecule has 2 rings (SSSR count). The minimum Gasteiger partial charge on any atom is -0.388 e. The van der Waals surface area contributed by atoms with Crippen molar-refractivity contribution in [3.63, 3.8) is 0 Å². The van der Waals surface area contributed by atoms with Gasteiger partial charge in [-0.05, 0) is 22.8 Å². The molecule has 0 aliphatic carbocycles. The second-order valence-corrected chi connectivity index (χ2v) is 4.49. The number of rotatable bonds is 4. The number of nitrogens with two attached hydrogens (primary N) is 1. The molecule has 0 bridgehead atoms. The Bertz CT molecular complexity index is 635. The van der Waals surface area contributed by atoms with Gasteiger partial charge < -0.3 is 16.2 Å². The Balaban J connectivity index is 2.06. The van der Waals surface area contributed by atoms with Crippen LogP contribution >= 0.6 is 0 Å². The lowest BCUT2D eigenvalue weighted by Crippen LogP contribution is -2.36. The maximum atomic E-state index is 11.0. The number of amides is 2. The molecule has 2 aromatic carbocycles. The molecule has 1 atom stereocenters. The fraction of sp³-hybridized carbons (Fsp3) is 0.200. The highest BCUT2D eigenvalue weighted by Gasteiger charge is 2.12. The van der Waals surface area contributed by atoms with E-state index in [1.165, 1.54) is 0 Å². The first-order chi connectivity index (χ1) is 9.59. The van der Waals surface area contributed by atoms with Gasteiger partial charge in [0, 0.05) is 6.54 Å². The van der Waals surface area contributed by atoms with Gasteiger partial charge in [-0.15, -0.1) is 0 Å². The highest BCUT2D eigenvalue weighted by Crippen LogP contribution is 2.25. The number of hydrogen-bond acceptors (Lipinski definition) is 3. The molecule has 2 amide bonds. The lowest BCUT2D eigenvalue weighted by Gasteiger charge is -2.14. The van der Waals surface area contributed by atoms with Crippen molar-refractivity contribution in [1.29, 1.82) is 0 Å². The molecule has 20 heavy (non-hydrogen) atoms. The van der Waals surface area contributed by atoms with Gasteiger partial charge in [0.2, 0.25) is 0 Å². The molecule has 2 aromatic rings. The van der Waals surface area contributed by atoms with E-state index in [0.717, 1.165) is 16.3 Å². The van der Waals surface area contributed by atoms with E-state index < -0.39 is 17.9 Å². The molecule has 0 radical (unpaired) electrons. The van der Waals surface area contributed by atoms with Gasteiger partial charge in [-0.1, -0.05) is 42.5 Å². The quantitative estimate of drug-likeness (QED) is 0.721. The molecular formula is C15H16N2O3. The zero-order chi connectivity index (χ0) is 14.5. The van der Waals surface area contributed by atoms with E-state index in [9.17, 15) is 14.7 Å². The third kappa shape index (κ3) is 3.13. The summed E-state index contributed by atoms with van der Waals surface area (Å²) in [6.07, 6.45) is -0.401. The van der Waals surface area contributed by atoms with Gasteiger partial charge in [0.05, 0.1) is 6.10 Å². The molecule has 1 unspecified atom stereocenters. The molecule has 0 aliphatic rings. The van der Waals surface area contributed by atoms with Gasteiger partial charge >= 0.3 is 11.8 Å². The molecule has 5 nitrogen and oxygen atoms in total. The van der Waals surface area contributed by atoms with Crippen LogP contribution in [-0.2, 0) is 9.59 Å². The first-order valence-electron chi connectivity index (χ1n) is 6.33. The molecule has 0 spiro atoms. The smallest absolute Gasteiger partial charge is 0.309 e. The van der Waals surface area contributed by atoms with Crippen molar-refractivity contribution in [2.45, 2.75) is 12.5 Å². The van der Waals surface area contributed by atoms with E-state index in [1.54, 1.807) is 0 Å². The minimum absolute atomic E-state index is 0.187. The Hall–Kier alpha value is -2.40. The number of benzene rings is 2. The highest BCUT2D eigenvalue weighted by atomic mass is 16.3. The largest absolute Gasteiger partial charge is 0.388 e. The van der Waals surface area contributed by atoms with Crippen molar-refractivity contribution in [2.24, 2.45) is 5.73 Å². The summed E-state index contributed by atoms with van der Waals surface area (Å²) in [4.78, 5) is 21.6. The van der Waals surface area contributed by atoms with Gasteiger partial charge in [-0.25, -0.2) is 0 Å². The molecule has 0 fully saturated rings. The predicted molar refractivity (Wildman–Crippen MR) is 75.7 cm³/mol. The first kappa shape index (κ1) is 14.0. The van der Waals surface area contributed by atoms with Crippen LogP contribution in [0.25, 0.3) is 10.8 Å². The molecule has 0 aliphatic heterocycles. The third-order valence-corrected chi connectivity index (χ3v) is 3.11. The molecule has 104 valence electrons. The molecule has 0 saturated carbocycles. The van der Waals surface area contributed by atoms with Gasteiger partial charge in [0.25, 0.3) is 0 Å². The topological polar surface area (TPSA) is 92.4 Å². The normalized spacial score (nSPS) is 12.1. The molecule has 0 saturated heterocycles. The third-order valence-electron chi connectivity index (χ3n) is 3.11. The number of hydrogen-bond donors (Lipinski definition) is 3. The monoisotopic (exact) mass is 272 g/mol. The van der Waals surface area contributed by atoms with Crippen LogP contribution in [0.1, 0.15) is 18.1 Å². The summed E-state index contributed by atoms with van der Waals surface area (Å²) in [5, 5.41) is 14.6. The van der Waals surface area contributed by atoms with E-state index in [4.69, 9.17) is 5.73 Å². The fourth-order valence-electron chi connectivity index (χ4n) is 2.11. The van der Waals surface area contributed by atoms with E-state index in [2.05, 4.69) is 5.32 Å². The Kier molecular flexibility index (Phi) is 4.32. The predicted octanol–water partition coefficient (Wildman–Crippen LogP) is 0.865. The average Bonchev–Trinajstić information content (AvgIpc) is 2.46. The van der Waals surface area contributed by atoms with E-state index in [0.29, 0.717) is 6.42 Å². The van der Waals surface area contributed by atoms with E-state index >= 15 is 0 Å². The van der Waals surface area contributed by atoms with Crippen LogP contribution in [0.3, 0.4) is 0 Å². The second kappa shape index (κ2) is 6.16. The standard InChI is InChI=1S/C15H16N2O3/c16-14(19)15(20)17-9-8-13(18)12-7-3-5-10-4-1-2-6-11(10)12/h1-7,13,18H,8-9H2,(H2,16,19)(H,17,20). The van der Waals surface area contributed by atoms with Crippen LogP contribution in [0.2, 0.25) is 0 Å². The summed E-state index contributed by atoms with van der Waals surface area (Å²) in [7, 11) is 0. The maximum absolute atomic E-state index is 11.0. The number of primary amides is 1. The zero-order valence-corrected chi connectivity index (χ0v) is 10.9. The summed E-state index contributed by atoms with van der Waals surface area (Å²) in [5.74, 6) is -1.86. The van der Waals surface area contributed by atoms with Gasteiger partial charge in [0.1, 0.15) is 0 Å². The lowest BCUT2D eigenvalue weighted by atomic mass is 9.99. The Morgan fingerprint density at radius 2 is 1.85 bits per heavy atom. The molecule has 5 heteroatoms. The first-order valence-corrected chi connectivity index (χ1v) is 6.33. The zero-order valence-electron chi connectivity index (χ0n) is 10.9. The van der Waals surface area contributed by atoms with Gasteiger partial charge in [0.15, 0.2) is 0 Å². The van der Waals surface area contributed by atoms with Gasteiger partial charge in [-0.3, -0.25) is 9.59 Å². The summed E-state index contributed by atoms with van der Waals surface area (Å²) in [6, 6.07) is 13.5. The van der Waals surface area contributed by atoms with Crippen molar-refractivity contribution < 1.29 is 14.7 Å². The Morgan fingerprint density at radius 1 is 1.15 bits per heavy atom. The van der Waals surface area contributed by atoms with Crippen molar-refractivity contribution in [3.8, 4) is 0 Å². The summed E-state index contributed by atoms with van der Waals surface area (Å²) in [5.41, 5.74) is 5.63. The number of fused-ring (bicyclic) bond motifs is 1. The summed E-state index contributed by atoms with van der Waals surface area (Å²) >= 11 is 0. The van der Waals surface area contributed by atoms with Gasteiger partial charge in [-0.2, -0.15) is 0 Å². The van der Waals surface area contributed by atoms with Crippen LogP contribution in [-0.4, -0.2) is 23.5 Å². The molecule has 4 N–H and O–H groups in total. The molecular weight excluding hydrogens is 256 g/mol.